The van der Waals surface area contributed by atoms with Crippen molar-refractivity contribution < 1.29 is 131 Å². The summed E-state index contributed by atoms with van der Waals surface area (Å²) in [4.78, 5) is 256. The molecule has 7 aromatic rings. The Bertz CT molecular complexity index is 5740. The Morgan fingerprint density at radius 2 is 0.579 bits per heavy atom. The third kappa shape index (κ3) is 12.8. The number of carbonyl (C=O) groups excluding carboxylic acids is 14. The van der Waals surface area contributed by atoms with Crippen LogP contribution in [-0.2, 0) is 96.2 Å². The number of imide groups is 4. The molecule has 17 rings (SSSR count). The van der Waals surface area contributed by atoms with E-state index in [0.29, 0.717) is 28.4 Å². The van der Waals surface area contributed by atoms with Crippen molar-refractivity contribution in [3.05, 3.63) is 200 Å². The maximum absolute atomic E-state index is 13.5. The fourth-order valence-corrected chi connectivity index (χ4v) is 20.4. The highest BCUT2D eigenvalue weighted by Gasteiger charge is 2.89. The summed E-state index contributed by atoms with van der Waals surface area (Å²) in [5.74, 6) is -11.1. The van der Waals surface area contributed by atoms with Crippen LogP contribution < -0.4 is 69.0 Å². The smallest absolute Gasteiger partial charge is 0.321 e. The van der Waals surface area contributed by atoms with Crippen LogP contribution in [0.15, 0.2) is 170 Å². The Labute approximate surface area is 708 Å². The summed E-state index contributed by atoms with van der Waals surface area (Å²) in [7, 11) is 0. The highest BCUT2D eigenvalue weighted by atomic mass is 17.3. The van der Waals surface area contributed by atoms with Crippen LogP contribution in [0.4, 0.5) is 68.2 Å². The number of nitro groups is 3. The number of esters is 4. The molecule has 126 heavy (non-hydrogen) atoms. The predicted molar refractivity (Wildman–Crippen MR) is 428 cm³/mol. The maximum Gasteiger partial charge on any atom is 0.321 e. The van der Waals surface area contributed by atoms with Crippen LogP contribution in [0.5, 0.6) is 11.5 Å². The molecule has 14 N–H and O–H groups in total. The summed E-state index contributed by atoms with van der Waals surface area (Å²) in [6, 6.07) is 39.5. The Morgan fingerprint density at radius 3 is 0.833 bits per heavy atom. The van der Waals surface area contributed by atoms with Crippen LogP contribution in [0.3, 0.4) is 0 Å². The van der Waals surface area contributed by atoms with E-state index < -0.39 is 200 Å². The number of hydrogen-bond donors (Lipinski definition) is 9. The van der Waals surface area contributed by atoms with E-state index in [-0.39, 0.29) is 51.3 Å². The number of hydrogen-bond acceptors (Lipinski definition) is 33. The van der Waals surface area contributed by atoms with Gasteiger partial charge in [0.15, 0.2) is 11.5 Å². The van der Waals surface area contributed by atoms with Crippen molar-refractivity contribution >= 4 is 163 Å². The van der Waals surface area contributed by atoms with Gasteiger partial charge in [-0.05, 0) is 189 Å². The van der Waals surface area contributed by atoms with E-state index in [9.17, 15) is 117 Å². The van der Waals surface area contributed by atoms with Crippen molar-refractivity contribution in [3.8, 4) is 11.5 Å². The summed E-state index contributed by atoms with van der Waals surface area (Å²) in [5, 5.41) is 56.7. The van der Waals surface area contributed by atoms with Crippen LogP contribution in [-0.4, -0.2) is 120 Å². The number of nitro benzene ring substituents is 3. The molecule has 6 atom stereocenters. The summed E-state index contributed by atoms with van der Waals surface area (Å²) >= 11 is 0. The van der Waals surface area contributed by atoms with E-state index in [2.05, 4.69) is 39.9 Å². The van der Waals surface area contributed by atoms with E-state index in [0.717, 1.165) is 45.6 Å². The van der Waals surface area contributed by atoms with Gasteiger partial charge in [-0.15, -0.1) is 0 Å². The van der Waals surface area contributed by atoms with Crippen LogP contribution in [0.25, 0.3) is 0 Å². The number of ether oxygens (including phenoxy) is 2. The first-order chi connectivity index (χ1) is 59.1. The molecule has 10 aliphatic rings. The molecule has 0 bridgehead atoms. The number of cyclic esters (lactones) is 4. The second-order valence-electron chi connectivity index (χ2n) is 32.6. The van der Waals surface area contributed by atoms with E-state index in [1.165, 1.54) is 137 Å². The first-order valence-electron chi connectivity index (χ1n) is 37.7. The van der Waals surface area contributed by atoms with Gasteiger partial charge in [-0.1, -0.05) is 9.98 Å². The molecule has 0 aromatic heterocycles. The molecule has 6 aliphatic heterocycles. The molecule has 0 spiro atoms. The Kier molecular flexibility index (Phi) is 21.7. The topological polar surface area (TPSA) is 666 Å². The summed E-state index contributed by atoms with van der Waals surface area (Å²) < 4.78 is 9.02. The molecule has 0 radical (unpaired) electrons. The Hall–Kier alpha value is -15.7. The number of rotatable bonds is 17. The highest BCUT2D eigenvalue weighted by Crippen LogP contribution is 2.74. The first-order valence-corrected chi connectivity index (χ1v) is 37.7. The molecule has 10 fully saturated rings. The second-order valence-corrected chi connectivity index (χ2v) is 32.6. The first kappa shape index (κ1) is 88.1. The minimum absolute atomic E-state index is 0.0641. The standard InChI is InChI=1S/C22H22N4O10.C22H18N4O8.C22H20N4O4.C10H8O6.C6H6N2O2/c1-21(19(29)30)15(17(27)24-11-3-7-13(8-4-11)26(33)34)22(2,20(31)32)16(21)18(28)25-12-5-9-14(10-6-12)35-36-23;1-21-15(17(27)24(19(21)29)11-3-5-13(6-4-11)26(31)32)22(2)16(21)18(28)25(20(22)30)12-7-9-14(10-8-12)33-34-23;1-21-15(17(27)25(19(21)29)13-7-3-11(23)4-8-13)22(2)16(21)18(28)26(20(22)30)14-9-5-12(24)6-10-14;1-9-3(5(11)15-7(9)13)10(2)4(9)6(12)16-8(10)14;7-5-1-3-6(4-2-5)8(9)10/h3-10,15-16H,23H2,1-2H3,(H,24,27)(H,25,28)(H,29,30)(H,31,32);3-10,15-16H,23H2,1-2H3;3-10,15-16H,23-24H2,1-2H3;3-4H,1-2H3;1-4H,7H2. The van der Waals surface area contributed by atoms with E-state index >= 15 is 0 Å². The van der Waals surface area contributed by atoms with Gasteiger partial charge in [-0.3, -0.25) is 107 Å². The minimum Gasteiger partial charge on any atom is -0.481 e. The number of fused-ring (bicyclic) bond motifs is 12. The molecular formula is C82H74N14O30. The SMILES string of the molecule is CC1(C(=O)O)C(C(=O)Nc2ccc(OON)cc2)C(C)(C(=O)O)C1C(=O)Nc1ccc([N+](=O)[O-])cc1.CC12C(=O)N(c3ccc(N)cc3)C(=O)C1C1(C)C(=O)N(c3ccc(N)cc3)C(=O)C21.CC12C(=O)N(c3ccc(OON)cc3)C(=O)C1C1(C)C(=O)N(c3ccc([N+](=O)[O-])cc3)C(=O)C21.CC12C(=O)OC(=O)C1C1(C)C(=O)OC(=O)C21.Nc1ccc([N+](=O)[O-])cc1. The van der Waals surface area contributed by atoms with Crippen molar-refractivity contribution in [1.29, 1.82) is 0 Å². The molecule has 44 heteroatoms. The lowest BCUT2D eigenvalue weighted by Gasteiger charge is -2.59. The van der Waals surface area contributed by atoms with E-state index in [1.54, 1.807) is 62.4 Å². The van der Waals surface area contributed by atoms with Gasteiger partial charge in [-0.25, -0.2) is 19.6 Å². The lowest BCUT2D eigenvalue weighted by molar-refractivity contribution is -0.385. The van der Waals surface area contributed by atoms with Gasteiger partial charge in [0.25, 0.3) is 17.1 Å². The van der Waals surface area contributed by atoms with Gasteiger partial charge >= 0.3 is 35.8 Å². The highest BCUT2D eigenvalue weighted by molar-refractivity contribution is 6.36. The van der Waals surface area contributed by atoms with Crippen molar-refractivity contribution in [3.63, 3.8) is 0 Å². The fourth-order valence-electron chi connectivity index (χ4n) is 20.4. The van der Waals surface area contributed by atoms with Gasteiger partial charge in [0, 0.05) is 64.8 Å². The molecule has 6 unspecified atom stereocenters. The lowest BCUT2D eigenvalue weighted by atomic mass is 9.39. The molecule has 7 aromatic carbocycles. The number of carboxylic acid groups (broad SMARTS) is 2. The molecular weight excluding hydrogens is 1660 g/mol. The number of non-ortho nitro benzene ring substituents is 3. The van der Waals surface area contributed by atoms with Crippen LogP contribution in [0, 0.1) is 121 Å². The largest absolute Gasteiger partial charge is 0.481 e. The number of benzene rings is 7. The number of carboxylic acids is 2. The summed E-state index contributed by atoms with van der Waals surface area (Å²) in [5.41, 5.74) is 7.29. The van der Waals surface area contributed by atoms with Crippen molar-refractivity contribution in [2.75, 3.05) is 47.4 Å². The number of anilines is 9. The fraction of sp³-hybridized carbons (Fsp3) is 0.293. The molecule has 6 heterocycles. The monoisotopic (exact) mass is 1730 g/mol. The predicted octanol–water partition coefficient (Wildman–Crippen LogP) is 5.41. The lowest BCUT2D eigenvalue weighted by Crippen LogP contribution is -2.74. The van der Waals surface area contributed by atoms with E-state index in [4.69, 9.17) is 29.0 Å². The molecule has 4 saturated carbocycles. The number of nitrogens with zero attached hydrogens (tertiary/aromatic N) is 7. The number of amides is 10. The molecule has 6 saturated heterocycles. The second kappa shape index (κ2) is 31.0. The average molecular weight is 1740 g/mol. The normalized spacial score (nSPS) is 29.8. The van der Waals surface area contributed by atoms with Crippen LogP contribution in [0.2, 0.25) is 0 Å². The summed E-state index contributed by atoms with van der Waals surface area (Å²) in [6.07, 6.45) is 0. The number of carbonyl (C=O) groups is 16. The summed E-state index contributed by atoms with van der Waals surface area (Å²) in [6.45, 7) is 11.4. The van der Waals surface area contributed by atoms with Gasteiger partial charge in [0.05, 0.1) is 128 Å². The molecule has 652 valence electrons. The van der Waals surface area contributed by atoms with Gasteiger partial charge in [-0.2, -0.15) is 11.8 Å². The van der Waals surface area contributed by atoms with Crippen molar-refractivity contribution in [2.24, 2.45) is 102 Å². The van der Waals surface area contributed by atoms with Gasteiger partial charge in [0.1, 0.15) is 0 Å². The molecule has 10 amide bonds. The number of nitrogens with two attached hydrogens (primary N) is 5. The average Bonchev–Trinajstić information content (AvgIpc) is 1.47. The number of nitrogens with one attached hydrogen (secondary N) is 2. The van der Waals surface area contributed by atoms with E-state index in [1.807, 2.05) is 0 Å². The third-order valence-electron chi connectivity index (χ3n) is 25.9. The van der Waals surface area contributed by atoms with Crippen molar-refractivity contribution in [1.82, 2.24) is 0 Å². The Morgan fingerprint density at radius 1 is 0.357 bits per heavy atom. The zero-order valence-electron chi connectivity index (χ0n) is 67.1. The zero-order chi connectivity index (χ0) is 92.4. The zero-order valence-corrected chi connectivity index (χ0v) is 67.1. The van der Waals surface area contributed by atoms with Crippen LogP contribution >= 0.6 is 0 Å². The molecule has 4 aliphatic carbocycles. The van der Waals surface area contributed by atoms with Crippen LogP contribution in [0.1, 0.15) is 55.4 Å². The quantitative estimate of drug-likeness (QED) is 0.0105. The number of nitrogen functional groups attached to an aromatic ring is 3. The maximum atomic E-state index is 13.5. The minimum atomic E-state index is -2.10. The van der Waals surface area contributed by atoms with Gasteiger partial charge < -0.3 is 57.3 Å². The number of aliphatic carboxylic acids is 2. The Balaban J connectivity index is 0.000000142. The van der Waals surface area contributed by atoms with Crippen molar-refractivity contribution in [2.45, 2.75) is 55.4 Å². The molecule has 44 nitrogen and oxygen atoms in total. The van der Waals surface area contributed by atoms with Gasteiger partial charge in [0.2, 0.25) is 59.1 Å². The third-order valence-corrected chi connectivity index (χ3v) is 25.9.